The molecule has 23 heavy (non-hydrogen) atoms. The third-order valence-corrected chi connectivity index (χ3v) is 3.33. The maximum atomic E-state index is 13.6. The summed E-state index contributed by atoms with van der Waals surface area (Å²) in [5, 5.41) is 11.5. The smallest absolute Gasteiger partial charge is 0.254 e. The van der Waals surface area contributed by atoms with Crippen molar-refractivity contribution in [3.8, 4) is 6.07 Å². The van der Waals surface area contributed by atoms with E-state index in [0.29, 0.717) is 11.1 Å². The van der Waals surface area contributed by atoms with Crippen molar-refractivity contribution in [2.24, 2.45) is 5.73 Å². The Hall–Kier alpha value is -3.20. The number of nitrogens with zero attached hydrogens (tertiary/aromatic N) is 1. The van der Waals surface area contributed by atoms with E-state index in [9.17, 15) is 14.0 Å². The van der Waals surface area contributed by atoms with Crippen LogP contribution in [0.4, 0.5) is 4.39 Å². The van der Waals surface area contributed by atoms with Crippen LogP contribution in [0.3, 0.4) is 0 Å². The van der Waals surface area contributed by atoms with Gasteiger partial charge in [-0.3, -0.25) is 9.59 Å². The minimum Gasteiger partial charge on any atom is -0.368 e. The lowest BCUT2D eigenvalue weighted by Gasteiger charge is -2.16. The molecule has 0 radical (unpaired) electrons. The molecule has 0 unspecified atom stereocenters. The van der Waals surface area contributed by atoms with E-state index in [4.69, 9.17) is 11.0 Å². The summed E-state index contributed by atoms with van der Waals surface area (Å²) in [6.07, 6.45) is 0.0548. The van der Waals surface area contributed by atoms with Crippen molar-refractivity contribution in [2.45, 2.75) is 12.5 Å². The summed E-state index contributed by atoms with van der Waals surface area (Å²) in [6.45, 7) is 0. The van der Waals surface area contributed by atoms with E-state index in [0.717, 1.165) is 6.07 Å². The van der Waals surface area contributed by atoms with E-state index >= 15 is 0 Å². The highest BCUT2D eigenvalue weighted by molar-refractivity contribution is 5.97. The zero-order valence-electron chi connectivity index (χ0n) is 12.1. The molecular weight excluding hydrogens is 297 g/mol. The van der Waals surface area contributed by atoms with Crippen LogP contribution in [0.15, 0.2) is 48.5 Å². The number of hydrogen-bond acceptors (Lipinski definition) is 3. The van der Waals surface area contributed by atoms with Crippen LogP contribution >= 0.6 is 0 Å². The maximum Gasteiger partial charge on any atom is 0.254 e. The lowest BCUT2D eigenvalue weighted by Crippen LogP contribution is -2.46. The molecule has 1 atom stereocenters. The van der Waals surface area contributed by atoms with Crippen LogP contribution in [0, 0.1) is 17.1 Å². The lowest BCUT2D eigenvalue weighted by atomic mass is 10.00. The Kier molecular flexibility index (Phi) is 5.05. The van der Waals surface area contributed by atoms with Crippen molar-refractivity contribution < 1.29 is 14.0 Å². The quantitative estimate of drug-likeness (QED) is 0.876. The van der Waals surface area contributed by atoms with Gasteiger partial charge in [-0.1, -0.05) is 30.3 Å². The molecule has 0 heterocycles. The van der Waals surface area contributed by atoms with Crippen molar-refractivity contribution >= 4 is 11.8 Å². The molecule has 2 aromatic carbocycles. The number of nitrogens with one attached hydrogen (secondary N) is 1. The molecule has 0 aliphatic carbocycles. The number of amides is 2. The first-order chi connectivity index (χ1) is 11.0. The summed E-state index contributed by atoms with van der Waals surface area (Å²) in [4.78, 5) is 23.7. The van der Waals surface area contributed by atoms with Crippen LogP contribution in [0.1, 0.15) is 21.5 Å². The Bertz CT molecular complexity index is 783. The van der Waals surface area contributed by atoms with Crippen molar-refractivity contribution in [1.29, 1.82) is 5.26 Å². The fourth-order valence-electron chi connectivity index (χ4n) is 2.13. The Morgan fingerprint density at radius 2 is 1.83 bits per heavy atom. The van der Waals surface area contributed by atoms with Gasteiger partial charge in [-0.25, -0.2) is 4.39 Å². The van der Waals surface area contributed by atoms with Gasteiger partial charge in [0.15, 0.2) is 0 Å². The minimum atomic E-state index is -1.04. The van der Waals surface area contributed by atoms with Gasteiger partial charge in [0.2, 0.25) is 5.91 Å². The van der Waals surface area contributed by atoms with Crippen LogP contribution in [-0.4, -0.2) is 17.9 Å². The zero-order valence-corrected chi connectivity index (χ0v) is 12.1. The molecule has 0 aliphatic rings. The van der Waals surface area contributed by atoms with Crippen molar-refractivity contribution in [3.05, 3.63) is 71.0 Å². The Balaban J connectivity index is 2.20. The summed E-state index contributed by atoms with van der Waals surface area (Å²) in [6, 6.07) is 13.1. The molecule has 2 aromatic rings. The third kappa shape index (κ3) is 3.92. The zero-order chi connectivity index (χ0) is 16.8. The number of benzene rings is 2. The van der Waals surface area contributed by atoms with Gasteiger partial charge in [-0.2, -0.15) is 5.26 Å². The van der Waals surface area contributed by atoms with E-state index < -0.39 is 23.7 Å². The summed E-state index contributed by atoms with van der Waals surface area (Å²) in [5.74, 6) is -2.19. The number of rotatable bonds is 5. The lowest BCUT2D eigenvalue weighted by molar-refractivity contribution is -0.119. The number of primary amides is 1. The van der Waals surface area contributed by atoms with Gasteiger partial charge in [-0.15, -0.1) is 0 Å². The molecule has 0 spiro atoms. The molecule has 0 saturated heterocycles. The molecule has 2 rings (SSSR count). The standard InChI is InChI=1S/C17H14FN3O2/c18-14-8-4-3-7-13(14)17(23)21-15(16(20)22)9-11-5-1-2-6-12(11)10-19/h1-8,15H,9H2,(H2,20,22)(H,21,23)/t15-/m0/s1. The van der Waals surface area contributed by atoms with Gasteiger partial charge >= 0.3 is 0 Å². The monoisotopic (exact) mass is 311 g/mol. The van der Waals surface area contributed by atoms with Gasteiger partial charge in [0.05, 0.1) is 17.2 Å². The fraction of sp³-hybridized carbons (Fsp3) is 0.118. The van der Waals surface area contributed by atoms with Crippen LogP contribution in [0.2, 0.25) is 0 Å². The van der Waals surface area contributed by atoms with Crippen LogP contribution < -0.4 is 11.1 Å². The Morgan fingerprint density at radius 1 is 1.17 bits per heavy atom. The van der Waals surface area contributed by atoms with Gasteiger partial charge in [0, 0.05) is 6.42 Å². The van der Waals surface area contributed by atoms with E-state index in [-0.39, 0.29) is 12.0 Å². The second-order valence-electron chi connectivity index (χ2n) is 4.88. The highest BCUT2D eigenvalue weighted by atomic mass is 19.1. The van der Waals surface area contributed by atoms with Gasteiger partial charge in [-0.05, 0) is 23.8 Å². The molecule has 0 fully saturated rings. The second-order valence-corrected chi connectivity index (χ2v) is 4.88. The number of halogens is 1. The molecule has 3 N–H and O–H groups in total. The number of carbonyl (C=O) groups is 2. The first kappa shape index (κ1) is 16.2. The fourth-order valence-corrected chi connectivity index (χ4v) is 2.13. The second kappa shape index (κ2) is 7.18. The van der Waals surface area contributed by atoms with Gasteiger partial charge in [0.25, 0.3) is 5.91 Å². The Morgan fingerprint density at radius 3 is 2.48 bits per heavy atom. The maximum absolute atomic E-state index is 13.6. The molecule has 0 aromatic heterocycles. The van der Waals surface area contributed by atoms with Crippen LogP contribution in [-0.2, 0) is 11.2 Å². The number of carbonyl (C=O) groups excluding carboxylic acids is 2. The van der Waals surface area contributed by atoms with Crippen molar-refractivity contribution in [3.63, 3.8) is 0 Å². The molecule has 5 nitrogen and oxygen atoms in total. The number of nitriles is 1. The molecule has 0 bridgehead atoms. The summed E-state index contributed by atoms with van der Waals surface area (Å²) >= 11 is 0. The van der Waals surface area contributed by atoms with E-state index in [2.05, 4.69) is 5.32 Å². The van der Waals surface area contributed by atoms with E-state index in [1.807, 2.05) is 6.07 Å². The average molecular weight is 311 g/mol. The first-order valence-corrected chi connectivity index (χ1v) is 6.85. The first-order valence-electron chi connectivity index (χ1n) is 6.85. The normalized spacial score (nSPS) is 11.3. The topological polar surface area (TPSA) is 96.0 Å². The molecule has 2 amide bonds. The SMILES string of the molecule is N#Cc1ccccc1C[C@H](NC(=O)c1ccccc1F)C(N)=O. The highest BCUT2D eigenvalue weighted by Crippen LogP contribution is 2.11. The van der Waals surface area contributed by atoms with Crippen molar-refractivity contribution in [2.75, 3.05) is 0 Å². The molecule has 116 valence electrons. The van der Waals surface area contributed by atoms with Crippen molar-refractivity contribution in [1.82, 2.24) is 5.32 Å². The number of hydrogen-bond donors (Lipinski definition) is 2. The molecule has 0 aliphatic heterocycles. The predicted molar refractivity (Wildman–Crippen MR) is 81.7 cm³/mol. The van der Waals surface area contributed by atoms with Crippen LogP contribution in [0.25, 0.3) is 0 Å². The summed E-state index contributed by atoms with van der Waals surface area (Å²) in [7, 11) is 0. The third-order valence-electron chi connectivity index (χ3n) is 3.33. The average Bonchev–Trinajstić information content (AvgIpc) is 2.54. The highest BCUT2D eigenvalue weighted by Gasteiger charge is 2.22. The molecular formula is C17H14FN3O2. The molecule has 0 saturated carbocycles. The largest absolute Gasteiger partial charge is 0.368 e. The molecule has 6 heteroatoms. The van der Waals surface area contributed by atoms with Gasteiger partial charge in [0.1, 0.15) is 11.9 Å². The van der Waals surface area contributed by atoms with Crippen LogP contribution in [0.5, 0.6) is 0 Å². The van der Waals surface area contributed by atoms with Gasteiger partial charge < -0.3 is 11.1 Å². The Labute approximate surface area is 132 Å². The number of nitrogens with two attached hydrogens (primary N) is 1. The summed E-state index contributed by atoms with van der Waals surface area (Å²) in [5.41, 5.74) is 6.10. The minimum absolute atomic E-state index is 0.0548. The van der Waals surface area contributed by atoms with E-state index in [1.54, 1.807) is 24.3 Å². The predicted octanol–water partition coefficient (Wildman–Crippen LogP) is 1.52. The summed E-state index contributed by atoms with van der Waals surface area (Å²) < 4.78 is 13.6. The van der Waals surface area contributed by atoms with E-state index in [1.165, 1.54) is 18.2 Å².